The molecule has 58 valence electrons. The molecule has 0 radical (unpaired) electrons. The number of nitrogen functional groups attached to an aromatic ring is 1. The van der Waals surface area contributed by atoms with Gasteiger partial charge in [0.15, 0.2) is 0 Å². The molecule has 0 bridgehead atoms. The lowest BCUT2D eigenvalue weighted by molar-refractivity contribution is -0.729. The summed E-state index contributed by atoms with van der Waals surface area (Å²) in [5.41, 5.74) is 5.65. The number of benzene rings is 1. The molecule has 4 nitrogen and oxygen atoms in total. The van der Waals surface area contributed by atoms with Gasteiger partial charge in [0.2, 0.25) is 0 Å². The van der Waals surface area contributed by atoms with Gasteiger partial charge < -0.3 is 5.73 Å². The van der Waals surface area contributed by atoms with Crippen molar-refractivity contribution < 1.29 is 10.1 Å². The van der Waals surface area contributed by atoms with Gasteiger partial charge in [-0.15, -0.1) is 0 Å². The van der Waals surface area contributed by atoms with Gasteiger partial charge in [-0.05, 0) is 12.1 Å². The van der Waals surface area contributed by atoms with Crippen LogP contribution in [0.1, 0.15) is 0 Å². The quantitative estimate of drug-likeness (QED) is 0.558. The molecule has 0 aromatic heterocycles. The summed E-state index contributed by atoms with van der Waals surface area (Å²) in [6.07, 6.45) is 0. The molecule has 3 N–H and O–H groups in total. The van der Waals surface area contributed by atoms with Gasteiger partial charge in [0.1, 0.15) is 5.69 Å². The second-order valence-electron chi connectivity index (χ2n) is 1.98. The second kappa shape index (κ2) is 2.87. The molecule has 0 aliphatic heterocycles. The first-order chi connectivity index (χ1) is 5.11. The minimum absolute atomic E-state index is 0.0411. The van der Waals surface area contributed by atoms with Crippen LogP contribution in [-0.4, -0.2) is 10.1 Å². The lowest BCUT2D eigenvalue weighted by Gasteiger charge is -1.91. The fraction of sp³-hybridized carbons (Fsp3) is 0. The molecule has 0 atom stereocenters. The van der Waals surface area contributed by atoms with Crippen molar-refractivity contribution in [3.63, 3.8) is 0 Å². The van der Waals surface area contributed by atoms with Crippen LogP contribution in [0.2, 0.25) is 0 Å². The molecule has 1 aromatic carbocycles. The predicted molar refractivity (Wildman–Crippen MR) is 43.6 cm³/mol. The third-order valence-electron chi connectivity index (χ3n) is 1.20. The van der Waals surface area contributed by atoms with Crippen molar-refractivity contribution in [3.8, 4) is 0 Å². The van der Waals surface area contributed by atoms with Crippen LogP contribution in [0.3, 0.4) is 0 Å². The summed E-state index contributed by atoms with van der Waals surface area (Å²) < 4.78 is 0.691. The summed E-state index contributed by atoms with van der Waals surface area (Å²) in [5.74, 6) is 0. The normalized spacial score (nSPS) is 9.55. The van der Waals surface area contributed by atoms with Crippen molar-refractivity contribution in [2.24, 2.45) is 0 Å². The minimum Gasteiger partial charge on any atom is -0.393 e. The van der Waals surface area contributed by atoms with Gasteiger partial charge in [0.25, 0.3) is 4.92 Å². The van der Waals surface area contributed by atoms with E-state index >= 15 is 0 Å². The van der Waals surface area contributed by atoms with Crippen molar-refractivity contribution in [2.45, 2.75) is 0 Å². The average molecular weight is 218 g/mol. The van der Waals surface area contributed by atoms with E-state index in [1.54, 1.807) is 6.07 Å². The second-order valence-corrected chi connectivity index (χ2v) is 2.89. The van der Waals surface area contributed by atoms with Crippen LogP contribution in [0, 0.1) is 4.91 Å². The molecule has 0 amide bonds. The van der Waals surface area contributed by atoms with Crippen molar-refractivity contribution in [1.29, 1.82) is 0 Å². The Balaban J connectivity index is 3.23. The van der Waals surface area contributed by atoms with E-state index in [0.717, 1.165) is 0 Å². The Labute approximate surface area is 71.3 Å². The Hall–Kier alpha value is -1.10. The molecule has 11 heavy (non-hydrogen) atoms. The first-order valence-electron chi connectivity index (χ1n) is 2.82. The molecule has 0 aliphatic rings. The summed E-state index contributed by atoms with van der Waals surface area (Å²) in [6, 6.07) is 4.64. The van der Waals surface area contributed by atoms with Crippen molar-refractivity contribution in [2.75, 3.05) is 5.73 Å². The third-order valence-corrected chi connectivity index (χ3v) is 1.69. The lowest BCUT2D eigenvalue weighted by atomic mass is 10.3. The van der Waals surface area contributed by atoms with Gasteiger partial charge in [-0.3, -0.25) is 0 Å². The zero-order valence-electron chi connectivity index (χ0n) is 5.49. The highest BCUT2D eigenvalue weighted by atomic mass is 79.9. The monoisotopic (exact) mass is 217 g/mol. The van der Waals surface area contributed by atoms with Gasteiger partial charge in [-0.2, -0.15) is 0 Å². The van der Waals surface area contributed by atoms with Crippen LogP contribution >= 0.6 is 15.9 Å². The third kappa shape index (κ3) is 1.68. The Bertz CT molecular complexity index is 301. The van der Waals surface area contributed by atoms with Crippen LogP contribution in [-0.2, 0) is 0 Å². The lowest BCUT2D eigenvalue weighted by Crippen LogP contribution is -1.97. The molecule has 0 fully saturated rings. The maximum absolute atomic E-state index is 10.4. The van der Waals surface area contributed by atoms with E-state index in [1.165, 1.54) is 12.1 Å². The number of nitrogens with two attached hydrogens (primary N) is 1. The highest BCUT2D eigenvalue weighted by Crippen LogP contribution is 2.24. The number of nitrogens with zero attached hydrogens (tertiary/aromatic N) is 1. The van der Waals surface area contributed by atoms with Gasteiger partial charge in [0, 0.05) is 10.5 Å². The molecular formula is C6H6BrN2O2+. The molecule has 0 aliphatic carbocycles. The molecule has 1 rings (SSSR count). The Kier molecular flexibility index (Phi) is 2.09. The average Bonchev–Trinajstić information content (AvgIpc) is 1.94. The largest absolute Gasteiger partial charge is 0.393 e. The Morgan fingerprint density at radius 2 is 2.18 bits per heavy atom. The molecule has 0 heterocycles. The molecule has 0 spiro atoms. The van der Waals surface area contributed by atoms with Crippen molar-refractivity contribution in [3.05, 3.63) is 27.6 Å². The van der Waals surface area contributed by atoms with Crippen LogP contribution < -0.4 is 5.73 Å². The number of halogens is 1. The molecule has 5 heteroatoms. The fourth-order valence-corrected chi connectivity index (χ4v) is 1.03. The number of anilines is 1. The SMILES string of the molecule is Nc1ccc(Br)cc1[N+](=O)O. The van der Waals surface area contributed by atoms with Crippen molar-refractivity contribution >= 4 is 27.3 Å². The fourth-order valence-electron chi connectivity index (χ4n) is 0.682. The Morgan fingerprint density at radius 3 is 2.64 bits per heavy atom. The van der Waals surface area contributed by atoms with E-state index < -0.39 is 0 Å². The molecule has 1 aromatic rings. The first kappa shape index (κ1) is 8.00. The van der Waals surface area contributed by atoms with Gasteiger partial charge in [-0.25, -0.2) is 5.21 Å². The number of rotatable bonds is 1. The van der Waals surface area contributed by atoms with E-state index in [9.17, 15) is 4.91 Å². The Morgan fingerprint density at radius 1 is 1.55 bits per heavy atom. The van der Waals surface area contributed by atoms with E-state index in [2.05, 4.69) is 15.9 Å². The zero-order valence-corrected chi connectivity index (χ0v) is 7.08. The smallest absolute Gasteiger partial charge is 0.340 e. The van der Waals surface area contributed by atoms with E-state index in [0.29, 0.717) is 4.47 Å². The summed E-state index contributed by atoms with van der Waals surface area (Å²) in [4.78, 5) is 10.1. The molecular weight excluding hydrogens is 212 g/mol. The van der Waals surface area contributed by atoms with E-state index in [-0.39, 0.29) is 16.3 Å². The highest BCUT2D eigenvalue weighted by molar-refractivity contribution is 9.10. The van der Waals surface area contributed by atoms with Gasteiger partial charge in [-0.1, -0.05) is 15.9 Å². The minimum atomic E-state index is -0.264. The van der Waals surface area contributed by atoms with Crippen LogP contribution in [0.25, 0.3) is 0 Å². The van der Waals surface area contributed by atoms with E-state index in [1.807, 2.05) is 0 Å². The first-order valence-corrected chi connectivity index (χ1v) is 3.61. The molecule has 0 saturated heterocycles. The molecule has 0 unspecified atom stereocenters. The van der Waals surface area contributed by atoms with Crippen LogP contribution in [0.15, 0.2) is 22.7 Å². The van der Waals surface area contributed by atoms with Crippen LogP contribution in [0.4, 0.5) is 11.4 Å². The van der Waals surface area contributed by atoms with E-state index in [4.69, 9.17) is 10.9 Å². The summed E-state index contributed by atoms with van der Waals surface area (Å²) in [5, 5.41) is 8.51. The molecule has 0 saturated carbocycles. The zero-order chi connectivity index (χ0) is 8.43. The summed E-state index contributed by atoms with van der Waals surface area (Å²) in [6.45, 7) is 0. The van der Waals surface area contributed by atoms with Crippen LogP contribution in [0.5, 0.6) is 0 Å². The summed E-state index contributed by atoms with van der Waals surface area (Å²) in [7, 11) is 0. The number of hydrogen-bond donors (Lipinski definition) is 2. The van der Waals surface area contributed by atoms with Gasteiger partial charge >= 0.3 is 5.69 Å². The van der Waals surface area contributed by atoms with Crippen molar-refractivity contribution in [1.82, 2.24) is 0 Å². The number of hydrogen-bond acceptors (Lipinski definition) is 2. The highest BCUT2D eigenvalue weighted by Gasteiger charge is 2.15. The standard InChI is InChI=1S/C6H6BrN2O2/c7-4-1-2-5(8)6(3-4)9(10)11/h1-3H,8H2,(H,10,11)/q+1. The topological polar surface area (TPSA) is 66.3 Å². The maximum Gasteiger partial charge on any atom is 0.340 e. The maximum atomic E-state index is 10.4. The summed E-state index contributed by atoms with van der Waals surface area (Å²) >= 11 is 3.13. The van der Waals surface area contributed by atoms with Gasteiger partial charge in [0.05, 0.1) is 4.91 Å². The predicted octanol–water partition coefficient (Wildman–Crippen LogP) is 1.83.